The largest absolute Gasteiger partial charge is 0.345 e. The van der Waals surface area contributed by atoms with Crippen LogP contribution in [0.15, 0.2) is 0 Å². The Morgan fingerprint density at radius 3 is 2.06 bits per heavy atom. The van der Waals surface area contributed by atoms with Crippen LogP contribution in [0, 0.1) is 11.8 Å². The lowest BCUT2D eigenvalue weighted by Crippen LogP contribution is -2.51. The van der Waals surface area contributed by atoms with Crippen LogP contribution in [0.2, 0.25) is 0 Å². The molecule has 0 spiro atoms. The summed E-state index contributed by atoms with van der Waals surface area (Å²) in [6.45, 7) is 8.06. The molecule has 0 aliphatic heterocycles. The molecule has 0 aromatic heterocycles. The summed E-state index contributed by atoms with van der Waals surface area (Å²) in [4.78, 5) is 23.0. The number of likely N-dealkylation sites (N-methyl/N-ethyl adjacent to an activating group) is 1. The SMILES string of the molecule is CC[C@H](C)[C@H](NC)C(=O)N[C@H](C=O)[C@@H](C)CC. The number of carbonyl (C=O) groups excluding carboxylic acids is 2. The number of aldehydes is 1. The van der Waals surface area contributed by atoms with Crippen LogP contribution in [0.4, 0.5) is 0 Å². The quantitative estimate of drug-likeness (QED) is 0.632. The second-order valence-corrected chi connectivity index (χ2v) is 4.71. The van der Waals surface area contributed by atoms with Gasteiger partial charge >= 0.3 is 0 Å². The fraction of sp³-hybridized carbons (Fsp3) is 0.846. The van der Waals surface area contributed by atoms with Crippen molar-refractivity contribution in [2.24, 2.45) is 11.8 Å². The molecule has 0 saturated heterocycles. The summed E-state index contributed by atoms with van der Waals surface area (Å²) in [5.74, 6) is 0.342. The van der Waals surface area contributed by atoms with Crippen LogP contribution >= 0.6 is 0 Å². The Labute approximate surface area is 105 Å². The van der Waals surface area contributed by atoms with Crippen LogP contribution in [0.3, 0.4) is 0 Å². The van der Waals surface area contributed by atoms with Crippen LogP contribution < -0.4 is 10.6 Å². The number of carbonyl (C=O) groups is 2. The Balaban J connectivity index is 4.52. The van der Waals surface area contributed by atoms with Gasteiger partial charge < -0.3 is 15.4 Å². The minimum absolute atomic E-state index is 0.0840. The van der Waals surface area contributed by atoms with Crippen molar-refractivity contribution < 1.29 is 9.59 Å². The van der Waals surface area contributed by atoms with Gasteiger partial charge in [0.05, 0.1) is 12.1 Å². The van der Waals surface area contributed by atoms with Crippen LogP contribution in [-0.4, -0.2) is 31.3 Å². The van der Waals surface area contributed by atoms with E-state index >= 15 is 0 Å². The van der Waals surface area contributed by atoms with E-state index in [0.717, 1.165) is 19.1 Å². The molecule has 2 N–H and O–H groups in total. The van der Waals surface area contributed by atoms with E-state index in [0.29, 0.717) is 0 Å². The molecule has 0 aliphatic carbocycles. The van der Waals surface area contributed by atoms with E-state index in [4.69, 9.17) is 0 Å². The maximum atomic E-state index is 12.0. The molecule has 0 aromatic carbocycles. The molecule has 0 heterocycles. The Morgan fingerprint density at radius 1 is 1.18 bits per heavy atom. The van der Waals surface area contributed by atoms with Gasteiger partial charge in [-0.15, -0.1) is 0 Å². The van der Waals surface area contributed by atoms with Gasteiger partial charge in [0.1, 0.15) is 6.29 Å². The minimum atomic E-state index is -0.382. The van der Waals surface area contributed by atoms with Crippen LogP contribution in [-0.2, 0) is 9.59 Å². The summed E-state index contributed by atoms with van der Waals surface area (Å²) in [5.41, 5.74) is 0. The molecular formula is C13H26N2O2. The summed E-state index contributed by atoms with van der Waals surface area (Å²) in [6, 6.07) is -0.612. The van der Waals surface area contributed by atoms with Gasteiger partial charge in [-0.1, -0.05) is 40.5 Å². The molecule has 100 valence electrons. The molecule has 0 unspecified atom stereocenters. The molecule has 4 nitrogen and oxygen atoms in total. The molecule has 0 fully saturated rings. The first-order chi connectivity index (χ1) is 8.01. The first kappa shape index (κ1) is 16.1. The number of nitrogens with one attached hydrogen (secondary N) is 2. The van der Waals surface area contributed by atoms with E-state index in [2.05, 4.69) is 10.6 Å². The molecule has 0 bridgehead atoms. The lowest BCUT2D eigenvalue weighted by molar-refractivity contribution is -0.127. The van der Waals surface area contributed by atoms with Gasteiger partial charge in [0, 0.05) is 0 Å². The molecule has 0 aromatic rings. The fourth-order valence-corrected chi connectivity index (χ4v) is 1.73. The molecule has 0 aliphatic rings. The van der Waals surface area contributed by atoms with Gasteiger partial charge in [-0.2, -0.15) is 0 Å². The zero-order valence-corrected chi connectivity index (χ0v) is 11.6. The number of hydrogen-bond acceptors (Lipinski definition) is 3. The molecule has 4 atom stereocenters. The lowest BCUT2D eigenvalue weighted by atomic mass is 9.96. The fourth-order valence-electron chi connectivity index (χ4n) is 1.73. The Kier molecular flexibility index (Phi) is 7.79. The number of amides is 1. The smallest absolute Gasteiger partial charge is 0.237 e. The summed E-state index contributed by atoms with van der Waals surface area (Å²) < 4.78 is 0. The third-order valence-electron chi connectivity index (χ3n) is 3.52. The highest BCUT2D eigenvalue weighted by Crippen LogP contribution is 2.10. The van der Waals surface area contributed by atoms with Gasteiger partial charge in [0.25, 0.3) is 0 Å². The van der Waals surface area contributed by atoms with Crippen molar-refractivity contribution in [1.29, 1.82) is 0 Å². The highest BCUT2D eigenvalue weighted by molar-refractivity contribution is 5.84. The zero-order valence-electron chi connectivity index (χ0n) is 11.6. The first-order valence-corrected chi connectivity index (χ1v) is 6.44. The summed E-state index contributed by atoms with van der Waals surface area (Å²) in [6.07, 6.45) is 2.63. The summed E-state index contributed by atoms with van der Waals surface area (Å²) in [5, 5.41) is 5.83. The monoisotopic (exact) mass is 242 g/mol. The Hall–Kier alpha value is -0.900. The van der Waals surface area contributed by atoms with Gasteiger partial charge in [0.15, 0.2) is 0 Å². The normalized spacial score (nSPS) is 17.9. The molecule has 4 heteroatoms. The van der Waals surface area contributed by atoms with Crippen LogP contribution in [0.1, 0.15) is 40.5 Å². The van der Waals surface area contributed by atoms with E-state index in [1.807, 2.05) is 27.7 Å². The average Bonchev–Trinajstić information content (AvgIpc) is 2.35. The Bertz CT molecular complexity index is 244. The van der Waals surface area contributed by atoms with Crippen molar-refractivity contribution in [3.63, 3.8) is 0 Å². The van der Waals surface area contributed by atoms with Gasteiger partial charge in [-0.05, 0) is 18.9 Å². The highest BCUT2D eigenvalue weighted by atomic mass is 16.2. The van der Waals surface area contributed by atoms with Gasteiger partial charge in [0.2, 0.25) is 5.91 Å². The van der Waals surface area contributed by atoms with Gasteiger partial charge in [-0.25, -0.2) is 0 Å². The van der Waals surface area contributed by atoms with E-state index in [1.165, 1.54) is 0 Å². The molecule has 1 amide bonds. The zero-order chi connectivity index (χ0) is 13.4. The third kappa shape index (κ3) is 4.86. The second kappa shape index (κ2) is 8.23. The van der Waals surface area contributed by atoms with Gasteiger partial charge in [-0.3, -0.25) is 4.79 Å². The van der Waals surface area contributed by atoms with Crippen molar-refractivity contribution in [1.82, 2.24) is 10.6 Å². The topological polar surface area (TPSA) is 58.2 Å². The van der Waals surface area contributed by atoms with Crippen molar-refractivity contribution in [3.05, 3.63) is 0 Å². The van der Waals surface area contributed by atoms with Crippen LogP contribution in [0.5, 0.6) is 0 Å². The van der Waals surface area contributed by atoms with E-state index in [9.17, 15) is 9.59 Å². The maximum absolute atomic E-state index is 12.0. The number of rotatable bonds is 8. The van der Waals surface area contributed by atoms with E-state index < -0.39 is 0 Å². The first-order valence-electron chi connectivity index (χ1n) is 6.44. The van der Waals surface area contributed by atoms with Crippen molar-refractivity contribution in [2.75, 3.05) is 7.05 Å². The lowest BCUT2D eigenvalue weighted by Gasteiger charge is -2.25. The Morgan fingerprint density at radius 2 is 1.71 bits per heavy atom. The molecule has 17 heavy (non-hydrogen) atoms. The minimum Gasteiger partial charge on any atom is -0.345 e. The van der Waals surface area contributed by atoms with E-state index in [1.54, 1.807) is 7.05 Å². The predicted molar refractivity (Wildman–Crippen MR) is 69.8 cm³/mol. The molecule has 0 saturated carbocycles. The average molecular weight is 242 g/mol. The standard InChI is InChI=1S/C13H26N2O2/c1-6-9(3)11(8-16)15-13(17)12(14-5)10(4)7-2/h8-12,14H,6-7H2,1-5H3,(H,15,17)/t9-,10-,11+,12-/m0/s1. The van der Waals surface area contributed by atoms with Crippen molar-refractivity contribution in [3.8, 4) is 0 Å². The highest BCUT2D eigenvalue weighted by Gasteiger charge is 2.25. The number of hydrogen-bond donors (Lipinski definition) is 2. The summed E-state index contributed by atoms with van der Waals surface area (Å²) in [7, 11) is 1.77. The van der Waals surface area contributed by atoms with E-state index in [-0.39, 0.29) is 29.8 Å². The molecule has 0 radical (unpaired) electrons. The van der Waals surface area contributed by atoms with Crippen molar-refractivity contribution >= 4 is 12.2 Å². The summed E-state index contributed by atoms with van der Waals surface area (Å²) >= 11 is 0. The molecular weight excluding hydrogens is 216 g/mol. The third-order valence-corrected chi connectivity index (χ3v) is 3.52. The van der Waals surface area contributed by atoms with Crippen LogP contribution in [0.25, 0.3) is 0 Å². The second-order valence-electron chi connectivity index (χ2n) is 4.71. The molecule has 0 rings (SSSR count). The predicted octanol–water partition coefficient (Wildman–Crippen LogP) is 1.35. The maximum Gasteiger partial charge on any atom is 0.237 e. The van der Waals surface area contributed by atoms with Crippen molar-refractivity contribution in [2.45, 2.75) is 52.6 Å².